The second-order valence-corrected chi connectivity index (χ2v) is 4.76. The van der Waals surface area contributed by atoms with Crippen molar-refractivity contribution in [2.75, 3.05) is 20.2 Å². The van der Waals surface area contributed by atoms with Crippen LogP contribution in [0.3, 0.4) is 0 Å². The second kappa shape index (κ2) is 4.17. The number of nitrogens with one attached hydrogen (secondary N) is 1. The van der Waals surface area contributed by atoms with Gasteiger partial charge in [0.15, 0.2) is 0 Å². The molecule has 3 nitrogen and oxygen atoms in total. The number of hydrogen-bond acceptors (Lipinski definition) is 3. The smallest absolute Gasteiger partial charge is 0.0825 e. The van der Waals surface area contributed by atoms with E-state index in [0.717, 1.165) is 32.7 Å². The lowest BCUT2D eigenvalue weighted by atomic mass is 10.0. The highest BCUT2D eigenvalue weighted by Crippen LogP contribution is 2.20. The molecule has 86 valence electrons. The fraction of sp³-hybridized carbons (Fsp3) is 0.538. The SMILES string of the molecule is COC1CN(Cc2ccc3c(c2)CNC3)C1. The average Bonchev–Trinajstić information content (AvgIpc) is 2.69. The number of fused-ring (bicyclic) bond motifs is 1. The number of hydrogen-bond donors (Lipinski definition) is 1. The van der Waals surface area contributed by atoms with Crippen molar-refractivity contribution in [1.82, 2.24) is 10.2 Å². The van der Waals surface area contributed by atoms with Crippen LogP contribution in [0.1, 0.15) is 16.7 Å². The second-order valence-electron chi connectivity index (χ2n) is 4.76. The molecule has 0 aromatic heterocycles. The number of ether oxygens (including phenoxy) is 1. The quantitative estimate of drug-likeness (QED) is 0.823. The average molecular weight is 218 g/mol. The molecule has 16 heavy (non-hydrogen) atoms. The summed E-state index contributed by atoms with van der Waals surface area (Å²) >= 11 is 0. The van der Waals surface area contributed by atoms with Crippen LogP contribution < -0.4 is 5.32 Å². The first-order valence-corrected chi connectivity index (χ1v) is 5.91. The van der Waals surface area contributed by atoms with Gasteiger partial charge in [-0.3, -0.25) is 4.90 Å². The molecule has 0 atom stereocenters. The highest BCUT2D eigenvalue weighted by molar-refractivity contribution is 5.34. The number of benzene rings is 1. The highest BCUT2D eigenvalue weighted by atomic mass is 16.5. The van der Waals surface area contributed by atoms with Crippen LogP contribution in [0.15, 0.2) is 18.2 Å². The maximum Gasteiger partial charge on any atom is 0.0825 e. The summed E-state index contributed by atoms with van der Waals surface area (Å²) in [5, 5.41) is 3.38. The van der Waals surface area contributed by atoms with Crippen molar-refractivity contribution in [1.29, 1.82) is 0 Å². The number of rotatable bonds is 3. The summed E-state index contributed by atoms with van der Waals surface area (Å²) in [5.74, 6) is 0. The molecule has 0 amide bonds. The fourth-order valence-corrected chi connectivity index (χ4v) is 2.51. The van der Waals surface area contributed by atoms with Crippen molar-refractivity contribution in [3.63, 3.8) is 0 Å². The Balaban J connectivity index is 1.63. The molecule has 1 aromatic carbocycles. The van der Waals surface area contributed by atoms with E-state index in [1.807, 2.05) is 0 Å². The predicted octanol–water partition coefficient (Wildman–Crippen LogP) is 1.12. The summed E-state index contributed by atoms with van der Waals surface area (Å²) in [5.41, 5.74) is 4.36. The van der Waals surface area contributed by atoms with E-state index in [1.54, 1.807) is 7.11 Å². The molecule has 2 heterocycles. The zero-order valence-electron chi connectivity index (χ0n) is 9.70. The van der Waals surface area contributed by atoms with Gasteiger partial charge >= 0.3 is 0 Å². The number of nitrogens with zero attached hydrogens (tertiary/aromatic N) is 1. The minimum Gasteiger partial charge on any atom is -0.379 e. The highest BCUT2D eigenvalue weighted by Gasteiger charge is 2.26. The van der Waals surface area contributed by atoms with Crippen LogP contribution in [0.25, 0.3) is 0 Å². The standard InChI is InChI=1S/C13H18N2O/c1-16-13-8-15(9-13)7-10-2-3-11-5-14-6-12(11)4-10/h2-4,13-14H,5-9H2,1H3. The van der Waals surface area contributed by atoms with E-state index in [4.69, 9.17) is 4.74 Å². The number of likely N-dealkylation sites (tertiary alicyclic amines) is 1. The first kappa shape index (κ1) is 10.3. The van der Waals surface area contributed by atoms with Gasteiger partial charge in [0.1, 0.15) is 0 Å². The van der Waals surface area contributed by atoms with E-state index in [2.05, 4.69) is 28.4 Å². The van der Waals surface area contributed by atoms with Crippen LogP contribution in [-0.4, -0.2) is 31.2 Å². The molecule has 0 saturated carbocycles. The maximum atomic E-state index is 5.28. The summed E-state index contributed by atoms with van der Waals surface area (Å²) in [4.78, 5) is 2.43. The molecule has 1 N–H and O–H groups in total. The maximum absolute atomic E-state index is 5.28. The van der Waals surface area contributed by atoms with Crippen molar-refractivity contribution in [3.8, 4) is 0 Å². The Kier molecular flexibility index (Phi) is 2.67. The number of methoxy groups -OCH3 is 1. The topological polar surface area (TPSA) is 24.5 Å². The van der Waals surface area contributed by atoms with E-state index >= 15 is 0 Å². The van der Waals surface area contributed by atoms with Gasteiger partial charge in [-0.25, -0.2) is 0 Å². The van der Waals surface area contributed by atoms with Gasteiger partial charge in [0.05, 0.1) is 6.10 Å². The lowest BCUT2D eigenvalue weighted by Crippen LogP contribution is -2.50. The van der Waals surface area contributed by atoms with Gasteiger partial charge in [-0.15, -0.1) is 0 Å². The van der Waals surface area contributed by atoms with Gasteiger partial charge in [-0.1, -0.05) is 18.2 Å². The Morgan fingerprint density at radius 2 is 2.12 bits per heavy atom. The Hall–Kier alpha value is -0.900. The normalized spacial score (nSPS) is 20.8. The van der Waals surface area contributed by atoms with Gasteiger partial charge in [0.25, 0.3) is 0 Å². The first-order valence-electron chi connectivity index (χ1n) is 5.91. The molecule has 3 heteroatoms. The molecule has 2 aliphatic rings. The molecule has 2 aliphatic heterocycles. The van der Waals surface area contributed by atoms with Crippen molar-refractivity contribution < 1.29 is 4.74 Å². The van der Waals surface area contributed by atoms with Crippen molar-refractivity contribution in [2.45, 2.75) is 25.7 Å². The fourth-order valence-electron chi connectivity index (χ4n) is 2.51. The van der Waals surface area contributed by atoms with Gasteiger partial charge in [-0.2, -0.15) is 0 Å². The third kappa shape index (κ3) is 1.86. The van der Waals surface area contributed by atoms with E-state index in [1.165, 1.54) is 16.7 Å². The van der Waals surface area contributed by atoms with Crippen LogP contribution >= 0.6 is 0 Å². The van der Waals surface area contributed by atoms with Gasteiger partial charge in [-0.05, 0) is 16.7 Å². The molecule has 0 unspecified atom stereocenters. The van der Waals surface area contributed by atoms with E-state index in [9.17, 15) is 0 Å². The van der Waals surface area contributed by atoms with E-state index < -0.39 is 0 Å². The molecular formula is C13H18N2O. The lowest BCUT2D eigenvalue weighted by Gasteiger charge is -2.38. The Bertz CT molecular complexity index is 386. The van der Waals surface area contributed by atoms with Crippen LogP contribution in [0.4, 0.5) is 0 Å². The lowest BCUT2D eigenvalue weighted by molar-refractivity contribution is -0.0334. The molecule has 0 radical (unpaired) electrons. The zero-order valence-corrected chi connectivity index (χ0v) is 9.70. The summed E-state index contributed by atoms with van der Waals surface area (Å²) in [6, 6.07) is 6.86. The molecular weight excluding hydrogens is 200 g/mol. The minimum absolute atomic E-state index is 0.455. The Labute approximate surface area is 96.4 Å². The Morgan fingerprint density at radius 1 is 1.31 bits per heavy atom. The summed E-state index contributed by atoms with van der Waals surface area (Å²) in [6.07, 6.45) is 0.455. The molecule has 1 aromatic rings. The van der Waals surface area contributed by atoms with Crippen molar-refractivity contribution >= 4 is 0 Å². The molecule has 0 bridgehead atoms. The third-order valence-electron chi connectivity index (χ3n) is 3.56. The van der Waals surface area contributed by atoms with Crippen LogP contribution in [0.2, 0.25) is 0 Å². The van der Waals surface area contributed by atoms with Gasteiger partial charge in [0.2, 0.25) is 0 Å². The molecule has 3 rings (SSSR count). The van der Waals surface area contributed by atoms with Crippen LogP contribution in [0, 0.1) is 0 Å². The van der Waals surface area contributed by atoms with Crippen LogP contribution in [-0.2, 0) is 24.4 Å². The largest absolute Gasteiger partial charge is 0.379 e. The van der Waals surface area contributed by atoms with Crippen molar-refractivity contribution in [2.24, 2.45) is 0 Å². The van der Waals surface area contributed by atoms with Gasteiger partial charge < -0.3 is 10.1 Å². The van der Waals surface area contributed by atoms with Crippen molar-refractivity contribution in [3.05, 3.63) is 34.9 Å². The first-order chi connectivity index (χ1) is 7.85. The van der Waals surface area contributed by atoms with E-state index in [-0.39, 0.29) is 0 Å². The van der Waals surface area contributed by atoms with Gasteiger partial charge in [0, 0.05) is 39.8 Å². The summed E-state index contributed by atoms with van der Waals surface area (Å²) in [6.45, 7) is 5.28. The monoisotopic (exact) mass is 218 g/mol. The van der Waals surface area contributed by atoms with Crippen LogP contribution in [0.5, 0.6) is 0 Å². The Morgan fingerprint density at radius 3 is 2.94 bits per heavy atom. The predicted molar refractivity (Wildman–Crippen MR) is 63.1 cm³/mol. The zero-order chi connectivity index (χ0) is 11.0. The van der Waals surface area contributed by atoms with E-state index in [0.29, 0.717) is 6.10 Å². The molecule has 1 fully saturated rings. The molecule has 0 aliphatic carbocycles. The molecule has 1 saturated heterocycles. The summed E-state index contributed by atoms with van der Waals surface area (Å²) in [7, 11) is 1.79. The summed E-state index contributed by atoms with van der Waals surface area (Å²) < 4.78 is 5.28. The third-order valence-corrected chi connectivity index (χ3v) is 3.56. The minimum atomic E-state index is 0.455. The molecule has 0 spiro atoms.